The van der Waals surface area contributed by atoms with Crippen molar-refractivity contribution >= 4 is 63.9 Å². The Bertz CT molecular complexity index is 2050. The number of carbonyl (C=O) groups excluding carboxylic acids is 4. The van der Waals surface area contributed by atoms with E-state index in [0.717, 1.165) is 17.0 Å². The predicted molar refractivity (Wildman–Crippen MR) is 157 cm³/mol. The number of aliphatic hydroxyl groups is 1. The van der Waals surface area contributed by atoms with Crippen molar-refractivity contribution in [2.45, 2.75) is 35.1 Å². The summed E-state index contributed by atoms with van der Waals surface area (Å²) in [5.74, 6) is -22.7. The van der Waals surface area contributed by atoms with E-state index in [1.165, 1.54) is 30.3 Å². The van der Waals surface area contributed by atoms with Crippen molar-refractivity contribution in [2.24, 2.45) is 17.8 Å². The van der Waals surface area contributed by atoms with Crippen molar-refractivity contribution in [3.63, 3.8) is 0 Å². The van der Waals surface area contributed by atoms with Gasteiger partial charge in [0.2, 0.25) is 17.6 Å². The number of nitrogens with zero attached hydrogens (tertiary/aromatic N) is 3. The fraction of sp³-hybridized carbons (Fsp3) is 0.290. The number of nitro groups is 1. The van der Waals surface area contributed by atoms with Gasteiger partial charge in [-0.2, -0.15) is 0 Å². The molecule has 3 aromatic rings. The van der Waals surface area contributed by atoms with Crippen molar-refractivity contribution in [1.29, 1.82) is 0 Å². The summed E-state index contributed by atoms with van der Waals surface area (Å²) in [6.45, 7) is -0.651. The second kappa shape index (κ2) is 10.9. The number of amides is 4. The van der Waals surface area contributed by atoms with Gasteiger partial charge in [0.05, 0.1) is 28.4 Å². The Balaban J connectivity index is 1.39. The molecule has 2 saturated heterocycles. The highest BCUT2D eigenvalue weighted by molar-refractivity contribution is 6.58. The number of furan rings is 1. The Kier molecular flexibility index (Phi) is 7.32. The fourth-order valence-corrected chi connectivity index (χ4v) is 8.41. The number of non-ortho nitro benzene ring substituents is 1. The molecule has 0 spiro atoms. The summed E-state index contributed by atoms with van der Waals surface area (Å²) < 4.78 is 78.5. The molecule has 1 N–H and O–H groups in total. The number of carbonyl (C=O) groups is 4. The highest BCUT2D eigenvalue weighted by Gasteiger charge is 2.77. The normalized spacial score (nSPS) is 29.3. The molecule has 254 valence electrons. The Morgan fingerprint density at radius 3 is 2.04 bits per heavy atom. The predicted octanol–water partition coefficient (Wildman–Crippen LogP) is 5.14. The molecule has 2 aliphatic carbocycles. The molecule has 1 saturated carbocycles. The van der Waals surface area contributed by atoms with Crippen LogP contribution >= 0.6 is 23.2 Å². The third-order valence-electron chi connectivity index (χ3n) is 9.66. The summed E-state index contributed by atoms with van der Waals surface area (Å²) in [6.07, 6.45) is 0.626. The van der Waals surface area contributed by atoms with Crippen LogP contribution in [0, 0.1) is 57.0 Å². The monoisotopic (exact) mass is 725 g/mol. The summed E-state index contributed by atoms with van der Waals surface area (Å²) in [7, 11) is 0. The zero-order valence-electron chi connectivity index (χ0n) is 24.3. The summed E-state index contributed by atoms with van der Waals surface area (Å²) in [6, 6.07) is 7.09. The van der Waals surface area contributed by atoms with Crippen molar-refractivity contribution < 1.29 is 55.6 Å². The largest absolute Gasteiger partial charge is 0.463 e. The first-order valence-electron chi connectivity index (χ1n) is 14.4. The van der Waals surface area contributed by atoms with Crippen LogP contribution in [0.4, 0.5) is 39.0 Å². The number of allylic oxidation sites excluding steroid dienone is 2. The van der Waals surface area contributed by atoms with E-state index in [-0.39, 0.29) is 39.8 Å². The van der Waals surface area contributed by atoms with Gasteiger partial charge in [-0.25, -0.2) is 26.9 Å². The number of benzene rings is 2. The van der Waals surface area contributed by atoms with Gasteiger partial charge < -0.3 is 9.52 Å². The number of rotatable bonds is 5. The number of aliphatic hydroxyl groups excluding tert-OH is 1. The maximum atomic E-state index is 15.1. The second-order valence-corrected chi connectivity index (χ2v) is 13.2. The molecule has 4 amide bonds. The quantitative estimate of drug-likeness (QED) is 0.0555. The molecule has 0 unspecified atom stereocenters. The molecule has 2 aromatic carbocycles. The standard InChI is InChI=1S/C31H18Cl2F5N3O8/c32-30-9-16-14(6-7-15-18(16)27(44)39(26(15)43)11-1-3-12(4-2-11)41(47)48)19(17-8-5-13(10-42)49-17)31(30,33)29(46)40(28(30)45)25-23(37)21(35)20(34)22(36)24(25)38/h1-6,8,15-16,18-19,42H,7,9-10H2/t15-,16+,18-,19+,30+,31-/m0/s1. The summed E-state index contributed by atoms with van der Waals surface area (Å²) in [4.78, 5) is 61.5. The Labute approximate surface area is 280 Å². The van der Waals surface area contributed by atoms with Crippen LogP contribution in [0.5, 0.6) is 0 Å². The minimum atomic E-state index is -2.77. The number of alkyl halides is 2. The summed E-state index contributed by atoms with van der Waals surface area (Å²) >= 11 is 14.0. The third-order valence-corrected chi connectivity index (χ3v) is 11.1. The van der Waals surface area contributed by atoms with Gasteiger partial charge >= 0.3 is 0 Å². The van der Waals surface area contributed by atoms with Crippen LogP contribution in [0.15, 0.2) is 52.5 Å². The average Bonchev–Trinajstić information content (AvgIpc) is 3.70. The molecule has 18 heteroatoms. The van der Waals surface area contributed by atoms with Gasteiger partial charge in [-0.3, -0.25) is 34.2 Å². The molecule has 11 nitrogen and oxygen atoms in total. The zero-order chi connectivity index (χ0) is 35.5. The smallest absolute Gasteiger partial charge is 0.269 e. The molecule has 1 aromatic heterocycles. The van der Waals surface area contributed by atoms with Crippen LogP contribution in [-0.2, 0) is 25.8 Å². The van der Waals surface area contributed by atoms with E-state index in [0.29, 0.717) is 0 Å². The number of hydrogen-bond acceptors (Lipinski definition) is 8. The van der Waals surface area contributed by atoms with Gasteiger partial charge in [0.25, 0.3) is 17.5 Å². The maximum Gasteiger partial charge on any atom is 0.269 e. The van der Waals surface area contributed by atoms with Crippen LogP contribution in [0.2, 0.25) is 0 Å². The number of hydrogen-bond donors (Lipinski definition) is 1. The van der Waals surface area contributed by atoms with E-state index in [1.54, 1.807) is 0 Å². The number of anilines is 2. The second-order valence-electron chi connectivity index (χ2n) is 11.9. The molecule has 6 atom stereocenters. The van der Waals surface area contributed by atoms with Crippen LogP contribution in [0.25, 0.3) is 0 Å². The minimum absolute atomic E-state index is 0.000539. The van der Waals surface area contributed by atoms with Gasteiger partial charge in [0, 0.05) is 12.1 Å². The lowest BCUT2D eigenvalue weighted by molar-refractivity contribution is -0.384. The maximum absolute atomic E-state index is 15.1. The average molecular weight is 726 g/mol. The molecule has 0 radical (unpaired) electrons. The van der Waals surface area contributed by atoms with E-state index in [9.17, 15) is 47.6 Å². The number of halogens is 7. The van der Waals surface area contributed by atoms with Gasteiger partial charge in [0.15, 0.2) is 33.0 Å². The lowest BCUT2D eigenvalue weighted by Crippen LogP contribution is -2.60. The first-order chi connectivity index (χ1) is 23.1. The Hall–Kier alpha value is -4.67. The number of fused-ring (bicyclic) bond motifs is 4. The lowest BCUT2D eigenvalue weighted by atomic mass is 9.57. The molecule has 4 aliphatic rings. The highest BCUT2D eigenvalue weighted by Crippen LogP contribution is 2.66. The molecular weight excluding hydrogens is 708 g/mol. The third kappa shape index (κ3) is 4.16. The SMILES string of the molecule is O=C1[C@H]2[C@H](CC=C3[C@H]2C[C@@]2(Cl)C(=O)N(c4c(F)c(F)c(F)c(F)c4F)C(=O)[C@@]2(Cl)[C@H]3c2ccc(CO)o2)C(=O)N1c1ccc([N+](=O)[O-])cc1. The van der Waals surface area contributed by atoms with E-state index in [4.69, 9.17) is 27.6 Å². The van der Waals surface area contributed by atoms with Crippen LogP contribution < -0.4 is 9.80 Å². The van der Waals surface area contributed by atoms with Gasteiger partial charge in [-0.05, 0) is 43.0 Å². The Morgan fingerprint density at radius 1 is 0.857 bits per heavy atom. The van der Waals surface area contributed by atoms with Crippen LogP contribution in [-0.4, -0.2) is 43.4 Å². The summed E-state index contributed by atoms with van der Waals surface area (Å²) in [5, 5.41) is 20.8. The van der Waals surface area contributed by atoms with Crippen LogP contribution in [0.3, 0.4) is 0 Å². The molecule has 2 aliphatic heterocycles. The first-order valence-corrected chi connectivity index (χ1v) is 15.2. The minimum Gasteiger partial charge on any atom is -0.463 e. The first kappa shape index (κ1) is 32.9. The van der Waals surface area contributed by atoms with Crippen molar-refractivity contribution in [3.8, 4) is 0 Å². The van der Waals surface area contributed by atoms with E-state index >= 15 is 8.78 Å². The Morgan fingerprint density at radius 2 is 1.47 bits per heavy atom. The lowest BCUT2D eigenvalue weighted by Gasteiger charge is -2.49. The molecule has 3 fully saturated rings. The van der Waals surface area contributed by atoms with Crippen LogP contribution in [0.1, 0.15) is 30.3 Å². The van der Waals surface area contributed by atoms with Crippen molar-refractivity contribution in [1.82, 2.24) is 0 Å². The van der Waals surface area contributed by atoms with E-state index in [2.05, 4.69) is 0 Å². The summed E-state index contributed by atoms with van der Waals surface area (Å²) in [5.41, 5.74) is -2.08. The molecule has 0 bridgehead atoms. The topological polar surface area (TPSA) is 151 Å². The van der Waals surface area contributed by atoms with Crippen molar-refractivity contribution in [3.05, 3.63) is 98.8 Å². The molecule has 3 heterocycles. The number of imide groups is 2. The molecule has 49 heavy (non-hydrogen) atoms. The van der Waals surface area contributed by atoms with E-state index < -0.39 is 110 Å². The van der Waals surface area contributed by atoms with Gasteiger partial charge in [0.1, 0.15) is 23.8 Å². The number of nitro benzene ring substituents is 1. The highest BCUT2D eigenvalue weighted by atomic mass is 35.5. The molecular formula is C31H18Cl2F5N3O8. The van der Waals surface area contributed by atoms with Gasteiger partial charge in [-0.1, -0.05) is 11.6 Å². The van der Waals surface area contributed by atoms with Gasteiger partial charge in [-0.15, -0.1) is 23.2 Å². The molecule has 7 rings (SSSR count). The van der Waals surface area contributed by atoms with E-state index in [1.807, 2.05) is 0 Å². The fourth-order valence-electron chi connectivity index (χ4n) is 7.49. The van der Waals surface area contributed by atoms with Crippen molar-refractivity contribution in [2.75, 3.05) is 9.80 Å². The zero-order valence-corrected chi connectivity index (χ0v) is 25.8.